The van der Waals surface area contributed by atoms with Gasteiger partial charge in [-0.3, -0.25) is 9.78 Å². The number of nitrogens with zero attached hydrogens (tertiary/aromatic N) is 2. The molecule has 0 fully saturated rings. The van der Waals surface area contributed by atoms with Crippen LogP contribution in [0.4, 0.5) is 0 Å². The zero-order chi connectivity index (χ0) is 12.0. The summed E-state index contributed by atoms with van der Waals surface area (Å²) < 4.78 is 0. The molecule has 0 saturated carbocycles. The van der Waals surface area contributed by atoms with Crippen LogP contribution in [0.3, 0.4) is 0 Å². The molecule has 1 heterocycles. The van der Waals surface area contributed by atoms with Crippen LogP contribution in [-0.2, 0) is 0 Å². The van der Waals surface area contributed by atoms with Crippen molar-refractivity contribution in [3.63, 3.8) is 0 Å². The van der Waals surface area contributed by atoms with Gasteiger partial charge in [-0.1, -0.05) is 0 Å². The highest BCUT2D eigenvalue weighted by Gasteiger charge is 2.16. The average Bonchev–Trinajstić information content (AvgIpc) is 2.28. The van der Waals surface area contributed by atoms with Crippen LogP contribution in [0.2, 0.25) is 0 Å². The molecule has 0 spiro atoms. The van der Waals surface area contributed by atoms with Crippen molar-refractivity contribution < 1.29 is 4.79 Å². The molecule has 1 unspecified atom stereocenters. The molecule has 16 heavy (non-hydrogen) atoms. The maximum absolute atomic E-state index is 12.0. The molecule has 88 valence electrons. The SMILES string of the molecule is CC(Cl)CN(CCCl)C(=O)c1cccnc1. The Morgan fingerprint density at radius 1 is 1.62 bits per heavy atom. The molecule has 3 nitrogen and oxygen atoms in total. The van der Waals surface area contributed by atoms with Gasteiger partial charge in [0.25, 0.3) is 5.91 Å². The van der Waals surface area contributed by atoms with Gasteiger partial charge >= 0.3 is 0 Å². The lowest BCUT2D eigenvalue weighted by atomic mass is 10.2. The third-order valence-corrected chi connectivity index (χ3v) is 2.33. The summed E-state index contributed by atoms with van der Waals surface area (Å²) in [6, 6.07) is 3.46. The summed E-state index contributed by atoms with van der Waals surface area (Å²) in [5.74, 6) is 0.316. The lowest BCUT2D eigenvalue weighted by Gasteiger charge is -2.22. The molecule has 5 heteroatoms. The highest BCUT2D eigenvalue weighted by molar-refractivity contribution is 6.20. The van der Waals surface area contributed by atoms with Crippen molar-refractivity contribution in [2.24, 2.45) is 0 Å². The van der Waals surface area contributed by atoms with E-state index in [1.807, 2.05) is 6.92 Å². The Morgan fingerprint density at radius 3 is 2.88 bits per heavy atom. The first-order valence-electron chi connectivity index (χ1n) is 5.04. The fraction of sp³-hybridized carbons (Fsp3) is 0.455. The number of hydrogen-bond donors (Lipinski definition) is 0. The van der Waals surface area contributed by atoms with Gasteiger partial charge in [-0.2, -0.15) is 0 Å². The zero-order valence-electron chi connectivity index (χ0n) is 9.07. The molecule has 1 aromatic heterocycles. The molecule has 1 atom stereocenters. The molecule has 1 aromatic rings. The Hall–Kier alpha value is -0.800. The predicted molar refractivity (Wildman–Crippen MR) is 66.2 cm³/mol. The number of carbonyl (C=O) groups is 1. The molecule has 1 amide bonds. The molecule has 0 N–H and O–H groups in total. The van der Waals surface area contributed by atoms with Crippen LogP contribution in [-0.4, -0.2) is 40.1 Å². The van der Waals surface area contributed by atoms with Crippen LogP contribution in [0, 0.1) is 0 Å². The lowest BCUT2D eigenvalue weighted by Crippen LogP contribution is -2.36. The summed E-state index contributed by atoms with van der Waals surface area (Å²) in [6.07, 6.45) is 3.18. The number of amides is 1. The molecular weight excluding hydrogens is 247 g/mol. The van der Waals surface area contributed by atoms with E-state index in [0.29, 0.717) is 24.5 Å². The number of aromatic nitrogens is 1. The first-order chi connectivity index (χ1) is 7.65. The van der Waals surface area contributed by atoms with Crippen LogP contribution in [0.25, 0.3) is 0 Å². The van der Waals surface area contributed by atoms with E-state index in [1.54, 1.807) is 29.4 Å². The normalized spacial score (nSPS) is 12.2. The monoisotopic (exact) mass is 260 g/mol. The van der Waals surface area contributed by atoms with Crippen LogP contribution in [0.1, 0.15) is 17.3 Å². The first kappa shape index (κ1) is 13.3. The Balaban J connectivity index is 2.74. The minimum absolute atomic E-state index is 0.0822. The van der Waals surface area contributed by atoms with Gasteiger partial charge in [0.2, 0.25) is 0 Å². The van der Waals surface area contributed by atoms with Crippen LogP contribution < -0.4 is 0 Å². The van der Waals surface area contributed by atoms with Crippen molar-refractivity contribution in [3.05, 3.63) is 30.1 Å². The highest BCUT2D eigenvalue weighted by atomic mass is 35.5. The number of hydrogen-bond acceptors (Lipinski definition) is 2. The number of alkyl halides is 2. The van der Waals surface area contributed by atoms with E-state index in [2.05, 4.69) is 4.98 Å². The van der Waals surface area contributed by atoms with E-state index in [1.165, 1.54) is 0 Å². The molecule has 0 aliphatic carbocycles. The predicted octanol–water partition coefficient (Wildman–Crippen LogP) is 2.39. The van der Waals surface area contributed by atoms with Crippen molar-refractivity contribution in [3.8, 4) is 0 Å². The number of pyridine rings is 1. The number of rotatable bonds is 5. The molecule has 0 aliphatic heterocycles. The van der Waals surface area contributed by atoms with Crippen molar-refractivity contribution in [1.29, 1.82) is 0 Å². The van der Waals surface area contributed by atoms with Gasteiger partial charge in [0, 0.05) is 36.7 Å². The molecule has 1 rings (SSSR count). The van der Waals surface area contributed by atoms with Gasteiger partial charge in [-0.05, 0) is 19.1 Å². The van der Waals surface area contributed by atoms with Gasteiger partial charge in [-0.25, -0.2) is 0 Å². The van der Waals surface area contributed by atoms with Crippen molar-refractivity contribution in [1.82, 2.24) is 9.88 Å². The molecule has 0 saturated heterocycles. The second-order valence-electron chi connectivity index (χ2n) is 3.46. The average molecular weight is 261 g/mol. The van der Waals surface area contributed by atoms with E-state index in [-0.39, 0.29) is 11.3 Å². The highest BCUT2D eigenvalue weighted by Crippen LogP contribution is 2.06. The van der Waals surface area contributed by atoms with Crippen LogP contribution in [0.5, 0.6) is 0 Å². The third kappa shape index (κ3) is 3.99. The lowest BCUT2D eigenvalue weighted by molar-refractivity contribution is 0.0766. The third-order valence-electron chi connectivity index (χ3n) is 2.02. The maximum Gasteiger partial charge on any atom is 0.255 e. The van der Waals surface area contributed by atoms with Crippen LogP contribution in [0.15, 0.2) is 24.5 Å². The Labute approximate surface area is 105 Å². The van der Waals surface area contributed by atoms with Gasteiger partial charge in [0.15, 0.2) is 0 Å². The van der Waals surface area contributed by atoms with Crippen molar-refractivity contribution >= 4 is 29.1 Å². The molecular formula is C11H14Cl2N2O. The number of carbonyl (C=O) groups excluding carboxylic acids is 1. The largest absolute Gasteiger partial charge is 0.336 e. The summed E-state index contributed by atoms with van der Waals surface area (Å²) in [5, 5.41) is -0.0937. The zero-order valence-corrected chi connectivity index (χ0v) is 10.6. The summed E-state index contributed by atoms with van der Waals surface area (Å²) in [6.45, 7) is 2.83. The van der Waals surface area contributed by atoms with Crippen molar-refractivity contribution in [2.45, 2.75) is 12.3 Å². The molecule has 0 radical (unpaired) electrons. The summed E-state index contributed by atoms with van der Waals surface area (Å²) in [7, 11) is 0. The minimum atomic E-state index is -0.0937. The second kappa shape index (κ2) is 6.71. The number of halogens is 2. The molecule has 0 aliphatic rings. The van der Waals surface area contributed by atoms with E-state index in [0.717, 1.165) is 0 Å². The Morgan fingerprint density at radius 2 is 2.38 bits per heavy atom. The second-order valence-corrected chi connectivity index (χ2v) is 4.59. The minimum Gasteiger partial charge on any atom is -0.336 e. The summed E-state index contributed by atoms with van der Waals surface area (Å²) in [4.78, 5) is 17.6. The van der Waals surface area contributed by atoms with Crippen LogP contribution >= 0.6 is 23.2 Å². The van der Waals surface area contributed by atoms with Gasteiger partial charge < -0.3 is 4.90 Å². The quantitative estimate of drug-likeness (QED) is 0.762. The topological polar surface area (TPSA) is 33.2 Å². The fourth-order valence-electron chi connectivity index (χ4n) is 1.35. The molecule has 0 aromatic carbocycles. The standard InChI is InChI=1S/C11H14Cl2N2O/c1-9(13)8-15(6-4-12)11(16)10-3-2-5-14-7-10/h2-3,5,7,9H,4,6,8H2,1H3. The first-order valence-corrected chi connectivity index (χ1v) is 6.01. The maximum atomic E-state index is 12.0. The smallest absolute Gasteiger partial charge is 0.255 e. The molecule has 0 bridgehead atoms. The van der Waals surface area contributed by atoms with Gasteiger partial charge in [0.05, 0.1) is 5.56 Å². The Bertz CT molecular complexity index is 330. The summed E-state index contributed by atoms with van der Waals surface area (Å²) in [5.41, 5.74) is 0.560. The van der Waals surface area contributed by atoms with E-state index < -0.39 is 0 Å². The van der Waals surface area contributed by atoms with E-state index in [4.69, 9.17) is 23.2 Å². The van der Waals surface area contributed by atoms with E-state index >= 15 is 0 Å². The van der Waals surface area contributed by atoms with Gasteiger partial charge in [0.1, 0.15) is 0 Å². The van der Waals surface area contributed by atoms with Crippen molar-refractivity contribution in [2.75, 3.05) is 19.0 Å². The Kier molecular flexibility index (Phi) is 5.56. The summed E-state index contributed by atoms with van der Waals surface area (Å²) >= 11 is 11.5. The van der Waals surface area contributed by atoms with Gasteiger partial charge in [-0.15, -0.1) is 23.2 Å². The fourth-order valence-corrected chi connectivity index (χ4v) is 1.72. The van der Waals surface area contributed by atoms with E-state index in [9.17, 15) is 4.79 Å².